The highest BCUT2D eigenvalue weighted by Crippen LogP contribution is 2.42. The van der Waals surface area contributed by atoms with Crippen molar-refractivity contribution in [2.45, 2.75) is 13.3 Å². The molecule has 2 atom stereocenters. The van der Waals surface area contributed by atoms with Gasteiger partial charge >= 0.3 is 5.97 Å². The number of carboxylic acids is 1. The Labute approximate surface area is 110 Å². The van der Waals surface area contributed by atoms with Crippen molar-refractivity contribution in [2.75, 3.05) is 7.11 Å². The summed E-state index contributed by atoms with van der Waals surface area (Å²) in [5.41, 5.74) is 1.23. The van der Waals surface area contributed by atoms with Gasteiger partial charge in [-0.05, 0) is 31.0 Å². The van der Waals surface area contributed by atoms with Crippen molar-refractivity contribution in [3.05, 3.63) is 28.3 Å². The van der Waals surface area contributed by atoms with Gasteiger partial charge in [0.05, 0.1) is 18.1 Å². The third kappa shape index (κ3) is 2.20. The molecule has 1 saturated carbocycles. The molecular formula is C13H13ClO4. The third-order valence-corrected chi connectivity index (χ3v) is 3.50. The zero-order chi connectivity index (χ0) is 13.4. The second-order valence-corrected chi connectivity index (χ2v) is 4.86. The fourth-order valence-electron chi connectivity index (χ4n) is 2.03. The number of carbonyl (C=O) groups excluding carboxylic acids is 1. The molecular weight excluding hydrogens is 256 g/mol. The van der Waals surface area contributed by atoms with E-state index in [1.165, 1.54) is 7.11 Å². The summed E-state index contributed by atoms with van der Waals surface area (Å²) in [4.78, 5) is 22.9. The summed E-state index contributed by atoms with van der Waals surface area (Å²) in [5.74, 6) is -1.50. The first kappa shape index (κ1) is 12.9. The normalized spacial score (nSPS) is 21.5. The molecule has 0 aliphatic heterocycles. The van der Waals surface area contributed by atoms with Gasteiger partial charge in [-0.3, -0.25) is 9.59 Å². The van der Waals surface area contributed by atoms with Crippen LogP contribution in [-0.4, -0.2) is 24.0 Å². The van der Waals surface area contributed by atoms with Crippen molar-refractivity contribution in [2.24, 2.45) is 11.8 Å². The Morgan fingerprint density at radius 2 is 2.06 bits per heavy atom. The predicted octanol–water partition coefficient (Wildman–Crippen LogP) is 2.56. The first-order valence-corrected chi connectivity index (χ1v) is 5.94. The number of methoxy groups -OCH3 is 1. The Hall–Kier alpha value is -1.55. The molecule has 1 fully saturated rings. The van der Waals surface area contributed by atoms with Crippen LogP contribution in [0.25, 0.3) is 0 Å². The minimum Gasteiger partial charge on any atom is -0.495 e. The van der Waals surface area contributed by atoms with Gasteiger partial charge in [-0.25, -0.2) is 0 Å². The van der Waals surface area contributed by atoms with E-state index in [1.54, 1.807) is 19.1 Å². The number of ether oxygens (including phenoxy) is 1. The lowest BCUT2D eigenvalue weighted by molar-refractivity contribution is -0.138. The molecule has 0 heterocycles. The molecule has 5 heteroatoms. The number of hydrogen-bond acceptors (Lipinski definition) is 3. The summed E-state index contributed by atoms with van der Waals surface area (Å²) in [6.07, 6.45) is 0.414. The number of aliphatic carboxylic acids is 1. The molecule has 0 spiro atoms. The van der Waals surface area contributed by atoms with Gasteiger partial charge in [-0.1, -0.05) is 11.6 Å². The molecule has 0 bridgehead atoms. The summed E-state index contributed by atoms with van der Waals surface area (Å²) in [6.45, 7) is 1.78. The average Bonchev–Trinajstić information content (AvgIpc) is 3.10. The maximum absolute atomic E-state index is 12.1. The predicted molar refractivity (Wildman–Crippen MR) is 66.3 cm³/mol. The van der Waals surface area contributed by atoms with Gasteiger partial charge in [0, 0.05) is 11.5 Å². The van der Waals surface area contributed by atoms with E-state index in [1.807, 2.05) is 0 Å². The summed E-state index contributed by atoms with van der Waals surface area (Å²) >= 11 is 5.98. The molecule has 1 aromatic rings. The van der Waals surface area contributed by atoms with Gasteiger partial charge < -0.3 is 9.84 Å². The molecule has 1 N–H and O–H groups in total. The van der Waals surface area contributed by atoms with E-state index in [2.05, 4.69) is 0 Å². The average molecular weight is 269 g/mol. The van der Waals surface area contributed by atoms with Crippen LogP contribution in [0.15, 0.2) is 12.1 Å². The van der Waals surface area contributed by atoms with E-state index in [-0.39, 0.29) is 5.78 Å². The van der Waals surface area contributed by atoms with Crippen molar-refractivity contribution in [1.82, 2.24) is 0 Å². The fraction of sp³-hybridized carbons (Fsp3) is 0.385. The number of rotatable bonds is 4. The van der Waals surface area contributed by atoms with Gasteiger partial charge in [0.2, 0.25) is 0 Å². The standard InChI is InChI=1S/C13H13ClO4/c1-6-3-11(18-2)10(14)5-7(6)12(15)8-4-9(8)13(16)17/h3,5,8-9H,4H2,1-2H3,(H,16,17). The maximum atomic E-state index is 12.1. The molecule has 18 heavy (non-hydrogen) atoms. The van der Waals surface area contributed by atoms with Gasteiger partial charge in [0.15, 0.2) is 5.78 Å². The number of ketones is 1. The van der Waals surface area contributed by atoms with Crippen LogP contribution in [-0.2, 0) is 4.79 Å². The number of carbonyl (C=O) groups is 2. The van der Waals surface area contributed by atoms with E-state index in [0.29, 0.717) is 22.8 Å². The van der Waals surface area contributed by atoms with Crippen LogP contribution in [0.2, 0.25) is 5.02 Å². The molecule has 0 aromatic heterocycles. The largest absolute Gasteiger partial charge is 0.495 e. The third-order valence-electron chi connectivity index (χ3n) is 3.21. The Morgan fingerprint density at radius 3 is 2.56 bits per heavy atom. The van der Waals surface area contributed by atoms with Crippen molar-refractivity contribution in [1.29, 1.82) is 0 Å². The lowest BCUT2D eigenvalue weighted by Gasteiger charge is -2.09. The maximum Gasteiger partial charge on any atom is 0.307 e. The monoisotopic (exact) mass is 268 g/mol. The highest BCUT2D eigenvalue weighted by Gasteiger charge is 2.48. The Balaban J connectivity index is 2.27. The van der Waals surface area contributed by atoms with Crippen LogP contribution in [0.4, 0.5) is 0 Å². The molecule has 2 unspecified atom stereocenters. The summed E-state index contributed by atoms with van der Waals surface area (Å²) in [7, 11) is 1.50. The molecule has 2 rings (SSSR count). The van der Waals surface area contributed by atoms with Gasteiger partial charge in [0.25, 0.3) is 0 Å². The molecule has 0 saturated heterocycles. The number of carboxylic acid groups (broad SMARTS) is 1. The number of halogens is 1. The highest BCUT2D eigenvalue weighted by atomic mass is 35.5. The van der Waals surface area contributed by atoms with Gasteiger partial charge in [-0.15, -0.1) is 0 Å². The molecule has 1 aliphatic carbocycles. The van der Waals surface area contributed by atoms with E-state index >= 15 is 0 Å². The van der Waals surface area contributed by atoms with Crippen molar-refractivity contribution in [3.63, 3.8) is 0 Å². The van der Waals surface area contributed by atoms with Crippen molar-refractivity contribution in [3.8, 4) is 5.75 Å². The van der Waals surface area contributed by atoms with Crippen LogP contribution >= 0.6 is 11.6 Å². The van der Waals surface area contributed by atoms with E-state index in [0.717, 1.165) is 5.56 Å². The van der Waals surface area contributed by atoms with Crippen LogP contribution in [0, 0.1) is 18.8 Å². The number of benzene rings is 1. The number of Topliss-reactive ketones (excluding diaryl/α,β-unsaturated/α-hetero) is 1. The first-order chi connectivity index (χ1) is 8.45. The zero-order valence-corrected chi connectivity index (χ0v) is 10.8. The second-order valence-electron chi connectivity index (χ2n) is 4.45. The van der Waals surface area contributed by atoms with Gasteiger partial charge in [-0.2, -0.15) is 0 Å². The minimum absolute atomic E-state index is 0.149. The Bertz CT molecular complexity index is 524. The van der Waals surface area contributed by atoms with Crippen molar-refractivity contribution >= 4 is 23.4 Å². The quantitative estimate of drug-likeness (QED) is 0.853. The highest BCUT2D eigenvalue weighted by molar-refractivity contribution is 6.32. The van der Waals surface area contributed by atoms with Crippen LogP contribution in [0.3, 0.4) is 0 Å². The van der Waals surface area contributed by atoms with Crippen LogP contribution in [0.1, 0.15) is 22.3 Å². The second kappa shape index (κ2) is 4.61. The van der Waals surface area contributed by atoms with E-state index in [9.17, 15) is 9.59 Å². The smallest absolute Gasteiger partial charge is 0.307 e. The molecule has 1 aliphatic rings. The SMILES string of the molecule is COc1cc(C)c(C(=O)C2CC2C(=O)O)cc1Cl. The van der Waals surface area contributed by atoms with Crippen molar-refractivity contribution < 1.29 is 19.4 Å². The number of aryl methyl sites for hydroxylation is 1. The van der Waals surface area contributed by atoms with Gasteiger partial charge in [0.1, 0.15) is 5.75 Å². The molecule has 0 radical (unpaired) electrons. The fourth-order valence-corrected chi connectivity index (χ4v) is 2.28. The molecule has 0 amide bonds. The summed E-state index contributed by atoms with van der Waals surface area (Å²) in [5, 5.41) is 9.19. The molecule has 96 valence electrons. The molecule has 1 aromatic carbocycles. The van der Waals surface area contributed by atoms with E-state index in [4.69, 9.17) is 21.4 Å². The Kier molecular flexibility index (Phi) is 3.30. The van der Waals surface area contributed by atoms with E-state index < -0.39 is 17.8 Å². The summed E-state index contributed by atoms with van der Waals surface area (Å²) < 4.78 is 5.06. The van der Waals surface area contributed by atoms with Crippen LogP contribution < -0.4 is 4.74 Å². The zero-order valence-electron chi connectivity index (χ0n) is 10.1. The summed E-state index contributed by atoms with van der Waals surface area (Å²) in [6, 6.07) is 3.24. The lowest BCUT2D eigenvalue weighted by atomic mass is 10.0. The minimum atomic E-state index is -0.911. The topological polar surface area (TPSA) is 63.6 Å². The first-order valence-electron chi connectivity index (χ1n) is 5.57. The lowest BCUT2D eigenvalue weighted by Crippen LogP contribution is -2.09. The number of hydrogen-bond donors (Lipinski definition) is 1. The Morgan fingerprint density at radius 1 is 1.39 bits per heavy atom. The van der Waals surface area contributed by atoms with Crippen LogP contribution in [0.5, 0.6) is 5.75 Å². The molecule has 4 nitrogen and oxygen atoms in total.